The van der Waals surface area contributed by atoms with Gasteiger partial charge in [0.15, 0.2) is 0 Å². The van der Waals surface area contributed by atoms with E-state index in [-0.39, 0.29) is 5.69 Å². The van der Waals surface area contributed by atoms with Crippen LogP contribution in [0.3, 0.4) is 0 Å². The van der Waals surface area contributed by atoms with E-state index in [9.17, 15) is 4.79 Å². The van der Waals surface area contributed by atoms with Crippen molar-refractivity contribution in [3.8, 4) is 0 Å². The van der Waals surface area contributed by atoms with E-state index in [1.165, 1.54) is 6.07 Å². The molecule has 0 unspecified atom stereocenters. The number of nitrogens with zero attached hydrogens (tertiary/aromatic N) is 1. The predicted octanol–water partition coefficient (Wildman–Crippen LogP) is 1.72. The van der Waals surface area contributed by atoms with Crippen LogP contribution in [-0.4, -0.2) is 21.4 Å². The molecule has 0 amide bonds. The number of aromatic nitrogens is 1. The summed E-state index contributed by atoms with van der Waals surface area (Å²) in [6.07, 6.45) is 2.46. The summed E-state index contributed by atoms with van der Waals surface area (Å²) in [4.78, 5) is 14.2. The van der Waals surface area contributed by atoms with Gasteiger partial charge in [-0.2, -0.15) is 0 Å². The number of rotatable bonds is 3. The average Bonchev–Trinajstić information content (AvgIpc) is 2.06. The van der Waals surface area contributed by atoms with E-state index >= 15 is 0 Å². The van der Waals surface area contributed by atoms with Crippen LogP contribution >= 0.6 is 15.9 Å². The first-order chi connectivity index (χ1) is 5.74. The number of pyridine rings is 1. The zero-order valence-corrected chi connectivity index (χ0v) is 7.91. The van der Waals surface area contributed by atoms with Crippen molar-refractivity contribution in [1.82, 2.24) is 4.98 Å². The molecule has 0 saturated heterocycles. The lowest BCUT2D eigenvalue weighted by molar-refractivity contribution is 0.0690. The second-order valence-electron chi connectivity index (χ2n) is 2.30. The summed E-state index contributed by atoms with van der Waals surface area (Å²) in [5.74, 6) is -0.986. The fourth-order valence-electron chi connectivity index (χ4n) is 0.808. The molecule has 3 nitrogen and oxygen atoms in total. The lowest BCUT2D eigenvalue weighted by atomic mass is 10.2. The molecular formula is C8H8BrNO2. The molecule has 0 bridgehead atoms. The summed E-state index contributed by atoms with van der Waals surface area (Å²) in [7, 11) is 0. The van der Waals surface area contributed by atoms with Gasteiger partial charge in [0.1, 0.15) is 5.69 Å². The Morgan fingerprint density at radius 3 is 2.75 bits per heavy atom. The number of carbonyl (C=O) groups is 1. The minimum absolute atomic E-state index is 0.0910. The molecule has 0 aliphatic rings. The summed E-state index contributed by atoms with van der Waals surface area (Å²) in [5, 5.41) is 9.40. The van der Waals surface area contributed by atoms with Crippen LogP contribution < -0.4 is 0 Å². The Kier molecular flexibility index (Phi) is 3.22. The van der Waals surface area contributed by atoms with Crippen molar-refractivity contribution in [3.05, 3.63) is 29.6 Å². The van der Waals surface area contributed by atoms with Crippen LogP contribution in [0.5, 0.6) is 0 Å². The minimum atomic E-state index is -0.986. The second kappa shape index (κ2) is 4.21. The standard InChI is InChI=1S/C8H8BrNO2/c9-4-3-6-1-2-7(8(11)12)10-5-6/h1-2,5H,3-4H2,(H,11,12). The fraction of sp³-hybridized carbons (Fsp3) is 0.250. The normalized spacial score (nSPS) is 9.75. The van der Waals surface area contributed by atoms with Crippen LogP contribution in [0.1, 0.15) is 16.1 Å². The first kappa shape index (κ1) is 9.19. The molecular weight excluding hydrogens is 222 g/mol. The monoisotopic (exact) mass is 229 g/mol. The highest BCUT2D eigenvalue weighted by Gasteiger charge is 2.02. The van der Waals surface area contributed by atoms with Gasteiger partial charge in [-0.05, 0) is 18.1 Å². The summed E-state index contributed by atoms with van der Waals surface area (Å²) >= 11 is 3.29. The van der Waals surface area contributed by atoms with Crippen LogP contribution in [0, 0.1) is 0 Å². The van der Waals surface area contributed by atoms with E-state index < -0.39 is 5.97 Å². The highest BCUT2D eigenvalue weighted by Crippen LogP contribution is 2.02. The molecule has 4 heteroatoms. The highest BCUT2D eigenvalue weighted by atomic mass is 79.9. The highest BCUT2D eigenvalue weighted by molar-refractivity contribution is 9.09. The van der Waals surface area contributed by atoms with Crippen LogP contribution in [0.25, 0.3) is 0 Å². The Morgan fingerprint density at radius 1 is 1.58 bits per heavy atom. The first-order valence-electron chi connectivity index (χ1n) is 3.48. The largest absolute Gasteiger partial charge is 0.477 e. The van der Waals surface area contributed by atoms with Gasteiger partial charge in [0.25, 0.3) is 0 Å². The predicted molar refractivity (Wildman–Crippen MR) is 48.7 cm³/mol. The summed E-state index contributed by atoms with van der Waals surface area (Å²) in [6, 6.07) is 3.29. The Bertz CT molecular complexity index is 271. The van der Waals surface area contributed by atoms with Crippen LogP contribution in [-0.2, 0) is 6.42 Å². The third-order valence-electron chi connectivity index (χ3n) is 1.43. The van der Waals surface area contributed by atoms with Crippen molar-refractivity contribution in [2.45, 2.75) is 6.42 Å². The van der Waals surface area contributed by atoms with Crippen molar-refractivity contribution < 1.29 is 9.90 Å². The second-order valence-corrected chi connectivity index (χ2v) is 3.09. The molecule has 0 spiro atoms. The summed E-state index contributed by atoms with van der Waals surface area (Å²) in [6.45, 7) is 0. The number of halogens is 1. The van der Waals surface area contributed by atoms with Crippen molar-refractivity contribution in [2.75, 3.05) is 5.33 Å². The Balaban J connectivity index is 2.78. The van der Waals surface area contributed by atoms with Crippen molar-refractivity contribution in [2.24, 2.45) is 0 Å². The number of carboxylic acids is 1. The zero-order chi connectivity index (χ0) is 8.97. The molecule has 1 heterocycles. The number of alkyl halides is 1. The van der Waals surface area contributed by atoms with Gasteiger partial charge in [-0.25, -0.2) is 9.78 Å². The molecule has 0 saturated carbocycles. The number of aromatic carboxylic acids is 1. The van der Waals surface area contributed by atoms with Crippen LogP contribution in [0.2, 0.25) is 0 Å². The lowest BCUT2D eigenvalue weighted by Gasteiger charge is -1.96. The molecule has 64 valence electrons. The van der Waals surface area contributed by atoms with Gasteiger partial charge in [0.2, 0.25) is 0 Å². The molecule has 0 fully saturated rings. The Morgan fingerprint density at radius 2 is 2.33 bits per heavy atom. The number of carboxylic acid groups (broad SMARTS) is 1. The number of aryl methyl sites for hydroxylation is 1. The third-order valence-corrected chi connectivity index (χ3v) is 1.82. The van der Waals surface area contributed by atoms with E-state index in [0.717, 1.165) is 17.3 Å². The molecule has 1 N–H and O–H groups in total. The molecule has 0 atom stereocenters. The molecule has 1 aromatic rings. The van der Waals surface area contributed by atoms with Crippen LogP contribution in [0.15, 0.2) is 18.3 Å². The third kappa shape index (κ3) is 2.30. The topological polar surface area (TPSA) is 50.2 Å². The van der Waals surface area contributed by atoms with Crippen molar-refractivity contribution >= 4 is 21.9 Å². The van der Waals surface area contributed by atoms with Gasteiger partial charge < -0.3 is 5.11 Å². The van der Waals surface area contributed by atoms with Gasteiger partial charge in [-0.1, -0.05) is 22.0 Å². The van der Waals surface area contributed by atoms with Gasteiger partial charge in [0, 0.05) is 11.5 Å². The van der Waals surface area contributed by atoms with Gasteiger partial charge in [-0.3, -0.25) is 0 Å². The summed E-state index contributed by atoms with van der Waals surface area (Å²) < 4.78 is 0. The molecule has 1 rings (SSSR count). The first-order valence-corrected chi connectivity index (χ1v) is 4.60. The van der Waals surface area contributed by atoms with Gasteiger partial charge in [0.05, 0.1) is 0 Å². The summed E-state index contributed by atoms with van der Waals surface area (Å²) in [5.41, 5.74) is 1.13. The maximum absolute atomic E-state index is 10.4. The van der Waals surface area contributed by atoms with E-state index in [4.69, 9.17) is 5.11 Å². The number of hydrogen-bond acceptors (Lipinski definition) is 2. The number of hydrogen-bond donors (Lipinski definition) is 1. The molecule has 1 aromatic heterocycles. The van der Waals surface area contributed by atoms with E-state index in [2.05, 4.69) is 20.9 Å². The van der Waals surface area contributed by atoms with E-state index in [1.54, 1.807) is 12.3 Å². The minimum Gasteiger partial charge on any atom is -0.477 e. The molecule has 0 aliphatic heterocycles. The Labute approximate surface area is 78.6 Å². The van der Waals surface area contributed by atoms with E-state index in [0.29, 0.717) is 0 Å². The van der Waals surface area contributed by atoms with Crippen molar-refractivity contribution in [1.29, 1.82) is 0 Å². The maximum Gasteiger partial charge on any atom is 0.354 e. The van der Waals surface area contributed by atoms with Gasteiger partial charge >= 0.3 is 5.97 Å². The van der Waals surface area contributed by atoms with Crippen LogP contribution in [0.4, 0.5) is 0 Å². The van der Waals surface area contributed by atoms with E-state index in [1.807, 2.05) is 0 Å². The maximum atomic E-state index is 10.4. The fourth-order valence-corrected chi connectivity index (χ4v) is 1.27. The molecule has 12 heavy (non-hydrogen) atoms. The molecule has 0 aromatic carbocycles. The Hall–Kier alpha value is -0.900. The molecule has 0 aliphatic carbocycles. The lowest BCUT2D eigenvalue weighted by Crippen LogP contribution is -2.00. The smallest absolute Gasteiger partial charge is 0.354 e. The van der Waals surface area contributed by atoms with Crippen molar-refractivity contribution in [3.63, 3.8) is 0 Å². The zero-order valence-electron chi connectivity index (χ0n) is 6.33. The quantitative estimate of drug-likeness (QED) is 0.804. The molecule has 0 radical (unpaired) electrons. The average molecular weight is 230 g/mol. The SMILES string of the molecule is O=C(O)c1ccc(CCBr)cn1. The van der Waals surface area contributed by atoms with Gasteiger partial charge in [-0.15, -0.1) is 0 Å².